The third kappa shape index (κ3) is 4.08. The molecule has 28 heavy (non-hydrogen) atoms. The average Bonchev–Trinajstić information content (AvgIpc) is 3.08. The summed E-state index contributed by atoms with van der Waals surface area (Å²) in [5, 5.41) is 9.89. The quantitative estimate of drug-likeness (QED) is 0.689. The number of amides is 1. The Kier molecular flexibility index (Phi) is 5.25. The highest BCUT2D eigenvalue weighted by atomic mass is 19.4. The molecule has 3 aromatic rings. The minimum atomic E-state index is -4.52. The zero-order chi connectivity index (χ0) is 20.3. The molecule has 1 amide bonds. The zero-order valence-electron chi connectivity index (χ0n) is 14.8. The fourth-order valence-electron chi connectivity index (χ4n) is 2.40. The van der Waals surface area contributed by atoms with E-state index >= 15 is 0 Å². The van der Waals surface area contributed by atoms with Crippen molar-refractivity contribution in [2.75, 3.05) is 26.1 Å². The van der Waals surface area contributed by atoms with Gasteiger partial charge in [-0.25, -0.2) is 0 Å². The Bertz CT molecular complexity index is 1000. The van der Waals surface area contributed by atoms with Gasteiger partial charge in [-0.3, -0.25) is 4.79 Å². The standard InChI is InChI=1S/C17H15F3N4O4/c1-26-14-6-4-11(8-15(14)27-2)21-16(25)9-28-24-13-7-10(17(18,19)20)3-5-12(13)22-23-24/h3-8H,9H2,1-2H3,(H,21,25). The summed E-state index contributed by atoms with van der Waals surface area (Å²) < 4.78 is 48.8. The van der Waals surface area contributed by atoms with Crippen molar-refractivity contribution in [3.05, 3.63) is 42.0 Å². The Morgan fingerprint density at radius 2 is 1.86 bits per heavy atom. The van der Waals surface area contributed by atoms with E-state index in [0.717, 1.165) is 17.0 Å². The molecule has 0 bridgehead atoms. The second-order valence-electron chi connectivity index (χ2n) is 5.56. The van der Waals surface area contributed by atoms with E-state index in [2.05, 4.69) is 15.6 Å². The van der Waals surface area contributed by atoms with Crippen molar-refractivity contribution in [3.63, 3.8) is 0 Å². The van der Waals surface area contributed by atoms with Gasteiger partial charge >= 0.3 is 6.18 Å². The number of rotatable bonds is 6. The molecule has 11 heteroatoms. The van der Waals surface area contributed by atoms with E-state index in [1.165, 1.54) is 20.3 Å². The summed E-state index contributed by atoms with van der Waals surface area (Å²) in [5.41, 5.74) is -0.252. The zero-order valence-corrected chi connectivity index (χ0v) is 14.8. The van der Waals surface area contributed by atoms with Crippen molar-refractivity contribution < 1.29 is 32.3 Å². The number of methoxy groups -OCH3 is 2. The van der Waals surface area contributed by atoms with Gasteiger partial charge in [-0.2, -0.15) is 13.2 Å². The molecular formula is C17H15F3N4O4. The Labute approximate surface area is 156 Å². The SMILES string of the molecule is COc1ccc(NC(=O)COn2nnc3ccc(C(F)(F)F)cc32)cc1OC. The first-order valence-electron chi connectivity index (χ1n) is 7.89. The molecule has 0 atom stereocenters. The van der Waals surface area contributed by atoms with Crippen molar-refractivity contribution in [1.82, 2.24) is 15.2 Å². The summed E-state index contributed by atoms with van der Waals surface area (Å²) in [6.45, 7) is -0.497. The number of anilines is 1. The molecular weight excluding hydrogens is 381 g/mol. The molecule has 0 fully saturated rings. The lowest BCUT2D eigenvalue weighted by Crippen LogP contribution is -2.26. The second kappa shape index (κ2) is 7.62. The van der Waals surface area contributed by atoms with Crippen LogP contribution in [0.5, 0.6) is 11.5 Å². The number of nitrogens with one attached hydrogen (secondary N) is 1. The monoisotopic (exact) mass is 396 g/mol. The highest BCUT2D eigenvalue weighted by Crippen LogP contribution is 2.31. The van der Waals surface area contributed by atoms with E-state index in [1.54, 1.807) is 18.2 Å². The molecule has 0 aliphatic heterocycles. The molecule has 0 aliphatic carbocycles. The van der Waals surface area contributed by atoms with Crippen molar-refractivity contribution in [2.45, 2.75) is 6.18 Å². The summed E-state index contributed by atoms with van der Waals surface area (Å²) in [7, 11) is 2.94. The number of fused-ring (bicyclic) bond motifs is 1. The van der Waals surface area contributed by atoms with Crippen LogP contribution in [0.25, 0.3) is 11.0 Å². The summed E-state index contributed by atoms with van der Waals surface area (Å²) in [4.78, 5) is 18.0. The summed E-state index contributed by atoms with van der Waals surface area (Å²) >= 11 is 0. The van der Waals surface area contributed by atoms with Gasteiger partial charge in [0.1, 0.15) is 11.0 Å². The molecule has 0 radical (unpaired) electrons. The maximum Gasteiger partial charge on any atom is 0.416 e. The van der Waals surface area contributed by atoms with Crippen LogP contribution in [-0.2, 0) is 11.0 Å². The van der Waals surface area contributed by atoms with Crippen LogP contribution >= 0.6 is 0 Å². The Morgan fingerprint density at radius 1 is 1.11 bits per heavy atom. The van der Waals surface area contributed by atoms with Gasteiger partial charge in [-0.1, -0.05) is 4.85 Å². The van der Waals surface area contributed by atoms with Gasteiger partial charge in [0.2, 0.25) is 0 Å². The topological polar surface area (TPSA) is 87.5 Å². The molecule has 1 heterocycles. The van der Waals surface area contributed by atoms with Crippen molar-refractivity contribution in [3.8, 4) is 11.5 Å². The van der Waals surface area contributed by atoms with Crippen LogP contribution in [0, 0.1) is 0 Å². The molecule has 0 spiro atoms. The van der Waals surface area contributed by atoms with Crippen molar-refractivity contribution in [1.29, 1.82) is 0 Å². The lowest BCUT2D eigenvalue weighted by molar-refractivity contribution is -0.137. The molecule has 3 rings (SSSR count). The van der Waals surface area contributed by atoms with Crippen LogP contribution < -0.4 is 19.6 Å². The normalized spacial score (nSPS) is 11.3. The van der Waals surface area contributed by atoms with Crippen LogP contribution in [0.15, 0.2) is 36.4 Å². The molecule has 1 N–H and O–H groups in total. The summed E-state index contributed by atoms with van der Waals surface area (Å²) in [6.07, 6.45) is -4.52. The maximum atomic E-state index is 12.9. The molecule has 0 saturated carbocycles. The van der Waals surface area contributed by atoms with Crippen molar-refractivity contribution in [2.24, 2.45) is 0 Å². The number of hydrogen-bond acceptors (Lipinski definition) is 6. The number of hydrogen-bond donors (Lipinski definition) is 1. The van der Waals surface area contributed by atoms with Gasteiger partial charge in [-0.05, 0) is 35.5 Å². The lowest BCUT2D eigenvalue weighted by atomic mass is 10.2. The van der Waals surface area contributed by atoms with Crippen LogP contribution in [0.3, 0.4) is 0 Å². The first-order valence-corrected chi connectivity index (χ1v) is 7.89. The number of ether oxygens (including phenoxy) is 2. The van der Waals surface area contributed by atoms with E-state index in [9.17, 15) is 18.0 Å². The fraction of sp³-hybridized carbons (Fsp3) is 0.235. The van der Waals surface area contributed by atoms with Gasteiger partial charge in [0.05, 0.1) is 19.8 Å². The lowest BCUT2D eigenvalue weighted by Gasteiger charge is -2.11. The van der Waals surface area contributed by atoms with Crippen LogP contribution in [0.4, 0.5) is 18.9 Å². The van der Waals surface area contributed by atoms with Gasteiger partial charge < -0.3 is 19.6 Å². The van der Waals surface area contributed by atoms with Crippen LogP contribution in [-0.4, -0.2) is 41.9 Å². The third-order valence-electron chi connectivity index (χ3n) is 3.73. The number of carbonyl (C=O) groups is 1. The van der Waals surface area contributed by atoms with Gasteiger partial charge in [-0.15, -0.1) is 5.10 Å². The highest BCUT2D eigenvalue weighted by molar-refractivity contribution is 5.92. The van der Waals surface area contributed by atoms with E-state index in [4.69, 9.17) is 14.3 Å². The highest BCUT2D eigenvalue weighted by Gasteiger charge is 2.31. The maximum absolute atomic E-state index is 12.9. The van der Waals surface area contributed by atoms with Crippen LogP contribution in [0.1, 0.15) is 5.56 Å². The largest absolute Gasteiger partial charge is 0.493 e. The number of halogens is 3. The number of aromatic nitrogens is 3. The Morgan fingerprint density at radius 3 is 2.54 bits per heavy atom. The molecule has 148 valence electrons. The molecule has 0 saturated heterocycles. The molecule has 1 aromatic heterocycles. The van der Waals surface area contributed by atoms with Gasteiger partial charge in [0.15, 0.2) is 18.1 Å². The summed E-state index contributed by atoms with van der Waals surface area (Å²) in [6, 6.07) is 7.68. The van der Waals surface area contributed by atoms with Crippen molar-refractivity contribution >= 4 is 22.6 Å². The van der Waals surface area contributed by atoms with E-state index < -0.39 is 24.3 Å². The smallest absolute Gasteiger partial charge is 0.416 e. The number of nitrogens with zero attached hydrogens (tertiary/aromatic N) is 3. The fourth-order valence-corrected chi connectivity index (χ4v) is 2.40. The number of alkyl halides is 3. The minimum Gasteiger partial charge on any atom is -0.493 e. The van der Waals surface area contributed by atoms with Gasteiger partial charge in [0, 0.05) is 11.8 Å². The average molecular weight is 396 g/mol. The Hall–Kier alpha value is -3.50. The van der Waals surface area contributed by atoms with E-state index in [1.807, 2.05) is 0 Å². The van der Waals surface area contributed by atoms with Crippen LogP contribution in [0.2, 0.25) is 0 Å². The van der Waals surface area contributed by atoms with Gasteiger partial charge in [0.25, 0.3) is 5.91 Å². The Balaban J connectivity index is 1.69. The first-order chi connectivity index (χ1) is 13.3. The van der Waals surface area contributed by atoms with E-state index in [0.29, 0.717) is 17.2 Å². The third-order valence-corrected chi connectivity index (χ3v) is 3.73. The van der Waals surface area contributed by atoms with E-state index in [-0.39, 0.29) is 11.0 Å². The minimum absolute atomic E-state index is 0.00579. The number of benzene rings is 2. The molecule has 8 nitrogen and oxygen atoms in total. The predicted molar refractivity (Wildman–Crippen MR) is 92.2 cm³/mol. The molecule has 0 unspecified atom stereocenters. The second-order valence-corrected chi connectivity index (χ2v) is 5.56. The first kappa shape index (κ1) is 19.3. The summed E-state index contributed by atoms with van der Waals surface area (Å²) in [5.74, 6) is 0.359. The molecule has 2 aromatic carbocycles. The molecule has 0 aliphatic rings. The number of carbonyl (C=O) groups excluding carboxylic acids is 1. The predicted octanol–water partition coefficient (Wildman–Crippen LogP) is 2.53.